The third-order valence-electron chi connectivity index (χ3n) is 2.06. The van der Waals surface area contributed by atoms with Gasteiger partial charge in [0.25, 0.3) is 0 Å². The zero-order valence-electron chi connectivity index (χ0n) is 7.23. The van der Waals surface area contributed by atoms with Gasteiger partial charge in [-0.1, -0.05) is 0 Å². The zero-order chi connectivity index (χ0) is 9.14. The van der Waals surface area contributed by atoms with Crippen molar-refractivity contribution in [2.75, 3.05) is 20.8 Å². The maximum Gasteiger partial charge on any atom is 0.184 e. The first kappa shape index (κ1) is 9.88. The molecule has 0 bridgehead atoms. The molecular weight excluding hydrogens is 162 g/mol. The molecule has 72 valence electrons. The fourth-order valence-electron chi connectivity index (χ4n) is 1.36. The number of hydrogen-bond acceptors (Lipinski definition) is 5. The Kier molecular flexibility index (Phi) is 3.42. The van der Waals surface area contributed by atoms with Crippen LogP contribution in [0, 0.1) is 0 Å². The van der Waals surface area contributed by atoms with E-state index in [0.717, 1.165) is 0 Å². The fourth-order valence-corrected chi connectivity index (χ4v) is 1.36. The molecule has 3 N–H and O–H groups in total. The first-order chi connectivity index (χ1) is 5.70. The second-order valence-electron chi connectivity index (χ2n) is 2.81. The van der Waals surface area contributed by atoms with E-state index in [1.54, 1.807) is 7.05 Å². The van der Waals surface area contributed by atoms with Crippen molar-refractivity contribution < 1.29 is 19.7 Å². The van der Waals surface area contributed by atoms with Crippen LogP contribution in [0.3, 0.4) is 0 Å². The van der Waals surface area contributed by atoms with Crippen molar-refractivity contribution in [3.8, 4) is 0 Å². The summed E-state index contributed by atoms with van der Waals surface area (Å²) < 4.78 is 9.88. The average molecular weight is 177 g/mol. The Labute approximate surface area is 71.3 Å². The number of aliphatic hydroxyl groups excluding tert-OH is 2. The van der Waals surface area contributed by atoms with E-state index in [-0.39, 0.29) is 12.6 Å². The van der Waals surface area contributed by atoms with Gasteiger partial charge in [0.1, 0.15) is 6.10 Å². The van der Waals surface area contributed by atoms with Crippen molar-refractivity contribution in [2.24, 2.45) is 0 Å². The molecule has 4 atom stereocenters. The van der Waals surface area contributed by atoms with Crippen molar-refractivity contribution in [3.05, 3.63) is 0 Å². The minimum atomic E-state index is -0.830. The van der Waals surface area contributed by atoms with Crippen LogP contribution in [0.4, 0.5) is 0 Å². The molecule has 1 rings (SSSR count). The lowest BCUT2D eigenvalue weighted by Gasteiger charge is -2.36. The summed E-state index contributed by atoms with van der Waals surface area (Å²) in [4.78, 5) is 0. The normalized spacial score (nSPS) is 43.0. The number of methoxy groups -OCH3 is 1. The molecule has 1 aliphatic rings. The first-order valence-corrected chi connectivity index (χ1v) is 3.88. The first-order valence-electron chi connectivity index (χ1n) is 3.88. The van der Waals surface area contributed by atoms with Crippen LogP contribution < -0.4 is 5.32 Å². The van der Waals surface area contributed by atoms with Gasteiger partial charge in [-0.2, -0.15) is 0 Å². The quantitative estimate of drug-likeness (QED) is 0.469. The van der Waals surface area contributed by atoms with Gasteiger partial charge < -0.3 is 25.0 Å². The summed E-state index contributed by atoms with van der Waals surface area (Å²) in [5, 5.41) is 21.7. The summed E-state index contributed by atoms with van der Waals surface area (Å²) in [5.74, 6) is 0. The summed E-state index contributed by atoms with van der Waals surface area (Å²) in [6, 6.07) is -0.385. The highest BCUT2D eigenvalue weighted by atomic mass is 16.7. The van der Waals surface area contributed by atoms with Gasteiger partial charge in [-0.15, -0.1) is 0 Å². The molecule has 0 spiro atoms. The Morgan fingerprint density at radius 3 is 2.67 bits per heavy atom. The Balaban J connectivity index is 2.56. The van der Waals surface area contributed by atoms with Crippen LogP contribution in [0.25, 0.3) is 0 Å². The van der Waals surface area contributed by atoms with Crippen LogP contribution in [0.15, 0.2) is 0 Å². The maximum atomic E-state index is 9.53. The highest BCUT2D eigenvalue weighted by Gasteiger charge is 2.37. The van der Waals surface area contributed by atoms with E-state index in [0.29, 0.717) is 0 Å². The van der Waals surface area contributed by atoms with E-state index in [2.05, 4.69) is 5.32 Å². The number of aliphatic hydroxyl groups is 2. The molecule has 0 unspecified atom stereocenters. The highest BCUT2D eigenvalue weighted by molar-refractivity contribution is 4.87. The lowest BCUT2D eigenvalue weighted by molar-refractivity contribution is -0.235. The van der Waals surface area contributed by atoms with Gasteiger partial charge in [0.15, 0.2) is 6.29 Å². The number of ether oxygens (including phenoxy) is 2. The van der Waals surface area contributed by atoms with Gasteiger partial charge in [-0.25, -0.2) is 0 Å². The predicted molar refractivity (Wildman–Crippen MR) is 41.6 cm³/mol. The van der Waals surface area contributed by atoms with Crippen molar-refractivity contribution >= 4 is 0 Å². The minimum Gasteiger partial charge on any atom is -0.389 e. The monoisotopic (exact) mass is 177 g/mol. The number of nitrogens with one attached hydrogen (secondary N) is 1. The molecule has 0 saturated carbocycles. The molecule has 0 aliphatic carbocycles. The molecule has 1 fully saturated rings. The molecule has 0 radical (unpaired) electrons. The van der Waals surface area contributed by atoms with Crippen molar-refractivity contribution in [1.82, 2.24) is 5.32 Å². The Morgan fingerprint density at radius 2 is 2.17 bits per heavy atom. The third kappa shape index (κ3) is 1.75. The molecule has 0 aromatic heterocycles. The zero-order valence-corrected chi connectivity index (χ0v) is 7.23. The molecule has 5 heteroatoms. The summed E-state index contributed by atoms with van der Waals surface area (Å²) in [6.45, 7) is 0.182. The largest absolute Gasteiger partial charge is 0.389 e. The van der Waals surface area contributed by atoms with E-state index in [4.69, 9.17) is 9.47 Å². The molecule has 1 heterocycles. The van der Waals surface area contributed by atoms with Crippen LogP contribution in [0.5, 0.6) is 0 Å². The molecule has 0 amide bonds. The summed E-state index contributed by atoms with van der Waals surface area (Å²) in [7, 11) is 3.13. The van der Waals surface area contributed by atoms with Crippen molar-refractivity contribution in [2.45, 2.75) is 24.5 Å². The molecule has 12 heavy (non-hydrogen) atoms. The van der Waals surface area contributed by atoms with E-state index in [1.165, 1.54) is 7.11 Å². The van der Waals surface area contributed by atoms with Gasteiger partial charge in [0.05, 0.1) is 18.8 Å². The number of rotatable bonds is 2. The summed E-state index contributed by atoms with van der Waals surface area (Å²) in [5.41, 5.74) is 0. The SMILES string of the molecule is CN[C@@H]1[C@@H](O)[C@@H](OC)OC[C@H]1O. The van der Waals surface area contributed by atoms with E-state index in [1.807, 2.05) is 0 Å². The standard InChI is InChI=1S/C7H15NO4/c1-8-5-4(9)3-12-7(11-2)6(5)10/h4-10H,3H2,1-2H3/t4-,5+,6-,7+/m1/s1. The molecule has 0 aromatic rings. The smallest absolute Gasteiger partial charge is 0.184 e. The third-order valence-corrected chi connectivity index (χ3v) is 2.06. The van der Waals surface area contributed by atoms with Gasteiger partial charge in [-0.05, 0) is 7.05 Å². The average Bonchev–Trinajstić information content (AvgIpc) is 2.06. The molecule has 0 aromatic carbocycles. The summed E-state index contributed by atoms with van der Waals surface area (Å²) in [6.07, 6.45) is -2.16. The van der Waals surface area contributed by atoms with Crippen molar-refractivity contribution in [3.63, 3.8) is 0 Å². The molecular formula is C7H15NO4. The van der Waals surface area contributed by atoms with E-state index >= 15 is 0 Å². The topological polar surface area (TPSA) is 71.0 Å². The van der Waals surface area contributed by atoms with Crippen LogP contribution in [0.1, 0.15) is 0 Å². The van der Waals surface area contributed by atoms with Crippen LogP contribution >= 0.6 is 0 Å². The molecule has 5 nitrogen and oxygen atoms in total. The number of hydrogen-bond donors (Lipinski definition) is 3. The van der Waals surface area contributed by atoms with Crippen LogP contribution in [0.2, 0.25) is 0 Å². The highest BCUT2D eigenvalue weighted by Crippen LogP contribution is 2.15. The number of likely N-dealkylation sites (N-methyl/N-ethyl adjacent to an activating group) is 1. The van der Waals surface area contributed by atoms with Gasteiger partial charge >= 0.3 is 0 Å². The lowest BCUT2D eigenvalue weighted by Crippen LogP contribution is -2.58. The Bertz CT molecular complexity index is 143. The Hall–Kier alpha value is -0.200. The van der Waals surface area contributed by atoms with Crippen LogP contribution in [-0.2, 0) is 9.47 Å². The second kappa shape index (κ2) is 4.15. The van der Waals surface area contributed by atoms with Gasteiger partial charge in [-0.3, -0.25) is 0 Å². The molecule has 1 saturated heterocycles. The Morgan fingerprint density at radius 1 is 1.50 bits per heavy atom. The van der Waals surface area contributed by atoms with Gasteiger partial charge in [0.2, 0.25) is 0 Å². The second-order valence-corrected chi connectivity index (χ2v) is 2.81. The van der Waals surface area contributed by atoms with Gasteiger partial charge in [0, 0.05) is 7.11 Å². The molecule has 1 aliphatic heterocycles. The van der Waals surface area contributed by atoms with Crippen LogP contribution in [-0.4, -0.2) is 55.5 Å². The van der Waals surface area contributed by atoms with E-state index in [9.17, 15) is 10.2 Å². The van der Waals surface area contributed by atoms with E-state index < -0.39 is 18.5 Å². The van der Waals surface area contributed by atoms with Crippen molar-refractivity contribution in [1.29, 1.82) is 0 Å². The predicted octanol–water partition coefficient (Wildman–Crippen LogP) is -1.70. The maximum absolute atomic E-state index is 9.53. The lowest BCUT2D eigenvalue weighted by atomic mass is 10.0. The fraction of sp³-hybridized carbons (Fsp3) is 1.00. The minimum absolute atomic E-state index is 0.182. The summed E-state index contributed by atoms with van der Waals surface area (Å²) >= 11 is 0.